The molecule has 4 rings (SSSR count). The summed E-state index contributed by atoms with van der Waals surface area (Å²) < 4.78 is 18.9. The van der Waals surface area contributed by atoms with Gasteiger partial charge < -0.3 is 20.3 Å². The first-order valence-electron chi connectivity index (χ1n) is 10.7. The van der Waals surface area contributed by atoms with Gasteiger partial charge in [0.15, 0.2) is 0 Å². The van der Waals surface area contributed by atoms with Gasteiger partial charge >= 0.3 is 6.03 Å². The number of aromatic nitrogens is 2. The Morgan fingerprint density at radius 2 is 1.91 bits per heavy atom. The van der Waals surface area contributed by atoms with Crippen molar-refractivity contribution in [3.05, 3.63) is 64.4 Å². The fourth-order valence-corrected chi connectivity index (χ4v) is 4.52. The third-order valence-corrected chi connectivity index (χ3v) is 6.36. The number of para-hydroxylation sites is 2. The smallest absolute Gasteiger partial charge is 0.321 e. The second-order valence-corrected chi connectivity index (χ2v) is 8.54. The summed E-state index contributed by atoms with van der Waals surface area (Å²) >= 11 is 1.23. The van der Waals surface area contributed by atoms with Crippen molar-refractivity contribution in [2.45, 2.75) is 25.7 Å². The number of amides is 3. The number of anilines is 2. The number of carbonyl (C=O) groups is 2. The first kappa shape index (κ1) is 22.7. The van der Waals surface area contributed by atoms with Crippen LogP contribution in [0.2, 0.25) is 0 Å². The van der Waals surface area contributed by atoms with Crippen LogP contribution < -0.4 is 15.4 Å². The van der Waals surface area contributed by atoms with E-state index < -0.39 is 11.7 Å². The number of nitrogens with one attached hydrogen (secondary N) is 2. The van der Waals surface area contributed by atoms with Gasteiger partial charge in [-0.1, -0.05) is 29.5 Å². The lowest BCUT2D eigenvalue weighted by molar-refractivity contribution is 0.102. The monoisotopic (exact) mass is 469 g/mol. The summed E-state index contributed by atoms with van der Waals surface area (Å²) in [5, 5.41) is 14.7. The quantitative estimate of drug-likeness (QED) is 0.544. The molecule has 1 aliphatic rings. The number of piperidine rings is 1. The maximum Gasteiger partial charge on any atom is 0.321 e. The first-order valence-corrected chi connectivity index (χ1v) is 11.5. The van der Waals surface area contributed by atoms with Gasteiger partial charge in [0.2, 0.25) is 5.01 Å². The molecule has 0 unspecified atom stereocenters. The van der Waals surface area contributed by atoms with Crippen molar-refractivity contribution in [1.82, 2.24) is 15.1 Å². The highest BCUT2D eigenvalue weighted by atomic mass is 32.1. The van der Waals surface area contributed by atoms with E-state index >= 15 is 0 Å². The molecule has 2 heterocycles. The van der Waals surface area contributed by atoms with Crippen LogP contribution in [0.25, 0.3) is 0 Å². The predicted octanol–water partition coefficient (Wildman–Crippen LogP) is 4.74. The number of likely N-dealkylation sites (tertiary alicyclic amines) is 1. The van der Waals surface area contributed by atoms with E-state index in [-0.39, 0.29) is 17.0 Å². The van der Waals surface area contributed by atoms with Gasteiger partial charge in [0.25, 0.3) is 5.91 Å². The molecule has 3 amide bonds. The van der Waals surface area contributed by atoms with Gasteiger partial charge in [-0.2, -0.15) is 0 Å². The summed E-state index contributed by atoms with van der Waals surface area (Å²) in [5.74, 6) is -0.0869. The maximum absolute atomic E-state index is 13.3. The molecule has 0 radical (unpaired) electrons. The number of rotatable bonds is 6. The number of ether oxygens (including phenoxy) is 1. The lowest BCUT2D eigenvalue weighted by Crippen LogP contribution is -2.40. The Bertz CT molecular complexity index is 1130. The lowest BCUT2D eigenvalue weighted by Gasteiger charge is -2.31. The molecular weight excluding hydrogens is 445 g/mol. The highest BCUT2D eigenvalue weighted by molar-refractivity contribution is 7.13. The molecule has 0 atom stereocenters. The summed E-state index contributed by atoms with van der Waals surface area (Å²) in [5.41, 5.74) is 1.01. The van der Waals surface area contributed by atoms with E-state index in [4.69, 9.17) is 4.74 Å². The zero-order valence-corrected chi connectivity index (χ0v) is 18.9. The molecule has 1 aliphatic heterocycles. The number of nitrogens with zero attached hydrogens (tertiary/aromatic N) is 3. The highest BCUT2D eigenvalue weighted by Gasteiger charge is 2.27. The van der Waals surface area contributed by atoms with Crippen molar-refractivity contribution >= 4 is 34.6 Å². The highest BCUT2D eigenvalue weighted by Crippen LogP contribution is 2.31. The molecule has 1 saturated heterocycles. The summed E-state index contributed by atoms with van der Waals surface area (Å²) in [6, 6.07) is 12.9. The molecule has 0 spiro atoms. The number of urea groups is 1. The van der Waals surface area contributed by atoms with Crippen molar-refractivity contribution < 1.29 is 18.7 Å². The number of benzene rings is 2. The molecule has 2 N–H and O–H groups in total. The van der Waals surface area contributed by atoms with Crippen LogP contribution in [0, 0.1) is 5.82 Å². The molecule has 0 saturated carbocycles. The Labute approximate surface area is 194 Å². The Hall–Kier alpha value is -3.53. The average Bonchev–Trinajstić information content (AvgIpc) is 3.31. The van der Waals surface area contributed by atoms with Gasteiger partial charge in [0.1, 0.15) is 16.6 Å². The Balaban J connectivity index is 1.31. The van der Waals surface area contributed by atoms with E-state index in [0.29, 0.717) is 36.8 Å². The van der Waals surface area contributed by atoms with E-state index in [0.717, 1.165) is 17.8 Å². The summed E-state index contributed by atoms with van der Waals surface area (Å²) in [7, 11) is 0. The minimum absolute atomic E-state index is 0.123. The van der Waals surface area contributed by atoms with Crippen molar-refractivity contribution in [2.24, 2.45) is 0 Å². The van der Waals surface area contributed by atoms with Gasteiger partial charge in [-0.25, -0.2) is 9.18 Å². The molecule has 2 aromatic carbocycles. The van der Waals surface area contributed by atoms with E-state index in [1.807, 2.05) is 31.2 Å². The Kier molecular flexibility index (Phi) is 7.13. The molecule has 33 heavy (non-hydrogen) atoms. The molecule has 0 aliphatic carbocycles. The second-order valence-electron chi connectivity index (χ2n) is 7.53. The maximum atomic E-state index is 13.3. The lowest BCUT2D eigenvalue weighted by atomic mass is 9.98. The first-order chi connectivity index (χ1) is 16.0. The normalized spacial score (nSPS) is 14.1. The number of carbonyl (C=O) groups excluding carboxylic acids is 2. The van der Waals surface area contributed by atoms with Crippen LogP contribution in [-0.2, 0) is 0 Å². The van der Waals surface area contributed by atoms with Crippen molar-refractivity contribution in [3.63, 3.8) is 0 Å². The van der Waals surface area contributed by atoms with Crippen molar-refractivity contribution in [3.8, 4) is 5.75 Å². The zero-order valence-electron chi connectivity index (χ0n) is 18.1. The topological polar surface area (TPSA) is 96.4 Å². The fourth-order valence-electron chi connectivity index (χ4n) is 3.62. The average molecular weight is 470 g/mol. The summed E-state index contributed by atoms with van der Waals surface area (Å²) in [6.07, 6.45) is 1.45. The largest absolute Gasteiger partial charge is 0.492 e. The minimum atomic E-state index is -0.428. The van der Waals surface area contributed by atoms with Crippen LogP contribution in [0.3, 0.4) is 0 Å². The van der Waals surface area contributed by atoms with Gasteiger partial charge in [-0.15, -0.1) is 10.2 Å². The third kappa shape index (κ3) is 5.64. The van der Waals surface area contributed by atoms with Crippen LogP contribution in [-0.4, -0.2) is 46.7 Å². The fraction of sp³-hybridized carbons (Fsp3) is 0.304. The molecule has 10 heteroatoms. The van der Waals surface area contributed by atoms with Crippen molar-refractivity contribution in [2.75, 3.05) is 30.3 Å². The zero-order chi connectivity index (χ0) is 23.2. The van der Waals surface area contributed by atoms with Gasteiger partial charge in [0.05, 0.1) is 12.3 Å². The van der Waals surface area contributed by atoms with Crippen LogP contribution >= 0.6 is 11.3 Å². The molecule has 3 aromatic rings. The predicted molar refractivity (Wildman–Crippen MR) is 124 cm³/mol. The van der Waals surface area contributed by atoms with Crippen LogP contribution in [0.4, 0.5) is 20.6 Å². The molecule has 172 valence electrons. The van der Waals surface area contributed by atoms with E-state index in [1.54, 1.807) is 11.0 Å². The van der Waals surface area contributed by atoms with Gasteiger partial charge in [-0.3, -0.25) is 4.79 Å². The molecular formula is C23H24FN5O3S. The summed E-state index contributed by atoms with van der Waals surface area (Å²) in [6.45, 7) is 3.55. The number of halogens is 1. The van der Waals surface area contributed by atoms with Crippen LogP contribution in [0.15, 0.2) is 48.5 Å². The van der Waals surface area contributed by atoms with E-state index in [1.165, 1.54) is 29.5 Å². The van der Waals surface area contributed by atoms with Gasteiger partial charge in [0, 0.05) is 24.7 Å². The van der Waals surface area contributed by atoms with Gasteiger partial charge in [-0.05, 0) is 50.1 Å². The third-order valence-electron chi connectivity index (χ3n) is 5.28. The second kappa shape index (κ2) is 10.4. The van der Waals surface area contributed by atoms with Crippen LogP contribution in [0.1, 0.15) is 40.5 Å². The molecule has 1 aromatic heterocycles. The summed E-state index contributed by atoms with van der Waals surface area (Å²) in [4.78, 5) is 26.9. The van der Waals surface area contributed by atoms with E-state index in [9.17, 15) is 14.0 Å². The van der Waals surface area contributed by atoms with Crippen molar-refractivity contribution in [1.29, 1.82) is 0 Å². The molecule has 0 bridgehead atoms. The number of hydrogen-bond acceptors (Lipinski definition) is 6. The standard InChI is InChI=1S/C23H24FN5O3S/c1-2-32-19-9-4-3-8-18(19)26-23(31)29-12-10-15(11-13-29)21-27-28-22(33-21)20(30)25-17-7-5-6-16(24)14-17/h3-9,14-15H,2,10-13H2,1H3,(H,25,30)(H,26,31). The minimum Gasteiger partial charge on any atom is -0.492 e. The van der Waals surface area contributed by atoms with E-state index in [2.05, 4.69) is 20.8 Å². The molecule has 8 nitrogen and oxygen atoms in total. The Morgan fingerprint density at radius 1 is 1.12 bits per heavy atom. The molecule has 1 fully saturated rings. The SMILES string of the molecule is CCOc1ccccc1NC(=O)N1CCC(c2nnc(C(=O)Nc3cccc(F)c3)s2)CC1. The number of hydrogen-bond donors (Lipinski definition) is 2. The Morgan fingerprint density at radius 3 is 2.67 bits per heavy atom. The van der Waals surface area contributed by atoms with Crippen LogP contribution in [0.5, 0.6) is 5.75 Å².